The summed E-state index contributed by atoms with van der Waals surface area (Å²) in [5.41, 5.74) is 14.0. The summed E-state index contributed by atoms with van der Waals surface area (Å²) < 4.78 is 13.2. The van der Waals surface area contributed by atoms with Gasteiger partial charge in [-0.25, -0.2) is 0 Å². The number of para-hydroxylation sites is 2. The van der Waals surface area contributed by atoms with Crippen LogP contribution in [0.15, 0.2) is 185 Å². The van der Waals surface area contributed by atoms with E-state index in [9.17, 15) is 0 Å². The zero-order valence-electron chi connectivity index (χ0n) is 31.0. The van der Waals surface area contributed by atoms with Crippen LogP contribution in [0.3, 0.4) is 0 Å². The summed E-state index contributed by atoms with van der Waals surface area (Å²) in [6.45, 7) is 4.70. The summed E-state index contributed by atoms with van der Waals surface area (Å²) in [5.74, 6) is 0. The van der Waals surface area contributed by atoms with Crippen LogP contribution in [-0.2, 0) is 5.41 Å². The predicted octanol–water partition coefficient (Wildman–Crippen LogP) is 15.2. The van der Waals surface area contributed by atoms with Crippen molar-refractivity contribution in [2.24, 2.45) is 0 Å². The number of anilines is 3. The standard InChI is InChI=1S/C53H35NO2/c1-53(2)44-19-8-5-14-38(44)39-26-23-33(30-45(39)53)54(34-24-27-41-40-15-6-9-20-47(40)56-50(41)31-34)46-28-29-49-52(43-16-7-10-21-48(43)55-49)51(46)42-18-11-17-36-35-13-4-3-12-32(35)22-25-37(36)42/h3-31H,1-2H3. The van der Waals surface area contributed by atoms with Gasteiger partial charge in [0.15, 0.2) is 0 Å². The first kappa shape index (κ1) is 31.3. The average molecular weight is 718 g/mol. The lowest BCUT2D eigenvalue weighted by Gasteiger charge is -2.30. The topological polar surface area (TPSA) is 29.5 Å². The molecular weight excluding hydrogens is 683 g/mol. The minimum absolute atomic E-state index is 0.166. The minimum Gasteiger partial charge on any atom is -0.456 e. The molecule has 11 aromatic rings. The molecule has 0 saturated carbocycles. The van der Waals surface area contributed by atoms with Gasteiger partial charge in [-0.15, -0.1) is 0 Å². The van der Waals surface area contributed by atoms with Crippen molar-refractivity contribution in [3.8, 4) is 22.3 Å². The Hall–Kier alpha value is -7.10. The molecule has 1 aliphatic carbocycles. The number of rotatable bonds is 4. The fourth-order valence-electron chi connectivity index (χ4n) is 9.64. The van der Waals surface area contributed by atoms with Crippen molar-refractivity contribution in [1.82, 2.24) is 0 Å². The number of hydrogen-bond donors (Lipinski definition) is 0. The average Bonchev–Trinajstić information content (AvgIpc) is 3.88. The maximum atomic E-state index is 6.62. The van der Waals surface area contributed by atoms with Crippen LogP contribution in [0.5, 0.6) is 0 Å². The van der Waals surface area contributed by atoms with Crippen molar-refractivity contribution in [3.63, 3.8) is 0 Å². The molecule has 3 heteroatoms. The first-order chi connectivity index (χ1) is 27.5. The molecule has 0 saturated heterocycles. The van der Waals surface area contributed by atoms with E-state index in [-0.39, 0.29) is 5.41 Å². The van der Waals surface area contributed by atoms with Gasteiger partial charge in [0.05, 0.1) is 5.69 Å². The molecule has 0 spiro atoms. The number of hydrogen-bond acceptors (Lipinski definition) is 3. The van der Waals surface area contributed by atoms with Gasteiger partial charge in [0.2, 0.25) is 0 Å². The van der Waals surface area contributed by atoms with Gasteiger partial charge in [-0.1, -0.05) is 135 Å². The molecule has 0 bridgehead atoms. The van der Waals surface area contributed by atoms with Crippen LogP contribution < -0.4 is 4.90 Å². The monoisotopic (exact) mass is 717 g/mol. The molecule has 0 aliphatic heterocycles. The van der Waals surface area contributed by atoms with Crippen LogP contribution in [0.25, 0.3) is 87.7 Å². The SMILES string of the molecule is CC1(C)c2ccccc2-c2ccc(N(c3ccc4c(c3)oc3ccccc34)c3ccc4oc5ccccc5c4c3-c3cccc4c3ccc3ccccc34)cc21. The highest BCUT2D eigenvalue weighted by molar-refractivity contribution is 6.21. The van der Waals surface area contributed by atoms with Gasteiger partial charge in [-0.05, 0) is 97.9 Å². The number of benzene rings is 9. The molecule has 2 heterocycles. The zero-order chi connectivity index (χ0) is 37.1. The predicted molar refractivity (Wildman–Crippen MR) is 234 cm³/mol. The van der Waals surface area contributed by atoms with E-state index in [0.29, 0.717) is 0 Å². The molecular formula is C53H35NO2. The highest BCUT2D eigenvalue weighted by Crippen LogP contribution is 2.53. The lowest BCUT2D eigenvalue weighted by atomic mass is 9.82. The Bertz CT molecular complexity index is 3420. The maximum Gasteiger partial charge on any atom is 0.137 e. The third kappa shape index (κ3) is 4.34. The zero-order valence-corrected chi connectivity index (χ0v) is 31.0. The highest BCUT2D eigenvalue weighted by atomic mass is 16.3. The number of fused-ring (bicyclic) bond motifs is 12. The third-order valence-electron chi connectivity index (χ3n) is 12.3. The van der Waals surface area contributed by atoms with Gasteiger partial charge in [-0.2, -0.15) is 0 Å². The van der Waals surface area contributed by atoms with E-state index in [4.69, 9.17) is 8.83 Å². The molecule has 56 heavy (non-hydrogen) atoms. The first-order valence-corrected chi connectivity index (χ1v) is 19.3. The molecule has 12 rings (SSSR count). The molecule has 3 nitrogen and oxygen atoms in total. The minimum atomic E-state index is -0.166. The molecule has 0 atom stereocenters. The van der Waals surface area contributed by atoms with Crippen LogP contribution in [-0.4, -0.2) is 0 Å². The van der Waals surface area contributed by atoms with E-state index in [1.165, 1.54) is 43.8 Å². The molecule has 2 aromatic heterocycles. The van der Waals surface area contributed by atoms with Crippen LogP contribution >= 0.6 is 0 Å². The lowest BCUT2D eigenvalue weighted by Crippen LogP contribution is -2.17. The third-order valence-corrected chi connectivity index (χ3v) is 12.3. The second-order valence-corrected chi connectivity index (χ2v) is 15.6. The van der Waals surface area contributed by atoms with Crippen molar-refractivity contribution in [3.05, 3.63) is 187 Å². The fraction of sp³-hybridized carbons (Fsp3) is 0.0566. The van der Waals surface area contributed by atoms with E-state index in [2.05, 4.69) is 183 Å². The number of furan rings is 2. The van der Waals surface area contributed by atoms with Crippen LogP contribution in [0.4, 0.5) is 17.1 Å². The second-order valence-electron chi connectivity index (χ2n) is 15.6. The quantitative estimate of drug-likeness (QED) is 0.170. The molecule has 0 fully saturated rings. The van der Waals surface area contributed by atoms with Crippen molar-refractivity contribution in [1.29, 1.82) is 0 Å². The Labute approximate surface area is 323 Å². The largest absolute Gasteiger partial charge is 0.456 e. The van der Waals surface area contributed by atoms with Gasteiger partial charge in [0, 0.05) is 50.0 Å². The van der Waals surface area contributed by atoms with E-state index < -0.39 is 0 Å². The van der Waals surface area contributed by atoms with Crippen LogP contribution in [0.2, 0.25) is 0 Å². The van der Waals surface area contributed by atoms with E-state index in [1.54, 1.807) is 0 Å². The van der Waals surface area contributed by atoms with Crippen molar-refractivity contribution in [2.45, 2.75) is 19.3 Å². The smallest absolute Gasteiger partial charge is 0.137 e. The van der Waals surface area contributed by atoms with Crippen molar-refractivity contribution in [2.75, 3.05) is 4.90 Å². The summed E-state index contributed by atoms with van der Waals surface area (Å²) in [5, 5.41) is 9.31. The number of nitrogens with zero attached hydrogens (tertiary/aromatic N) is 1. The van der Waals surface area contributed by atoms with Gasteiger partial charge in [-0.3, -0.25) is 0 Å². The summed E-state index contributed by atoms with van der Waals surface area (Å²) in [6, 6.07) is 63.6. The summed E-state index contributed by atoms with van der Waals surface area (Å²) in [4.78, 5) is 2.43. The van der Waals surface area contributed by atoms with Gasteiger partial charge in [0.1, 0.15) is 22.3 Å². The van der Waals surface area contributed by atoms with Crippen molar-refractivity contribution >= 4 is 82.5 Å². The Morgan fingerprint density at radius 2 is 1.02 bits per heavy atom. The summed E-state index contributed by atoms with van der Waals surface area (Å²) in [7, 11) is 0. The summed E-state index contributed by atoms with van der Waals surface area (Å²) in [6.07, 6.45) is 0. The summed E-state index contributed by atoms with van der Waals surface area (Å²) >= 11 is 0. The van der Waals surface area contributed by atoms with Gasteiger partial charge >= 0.3 is 0 Å². The van der Waals surface area contributed by atoms with Gasteiger partial charge in [0.25, 0.3) is 0 Å². The normalized spacial score (nSPS) is 13.3. The molecule has 0 unspecified atom stereocenters. The Morgan fingerprint density at radius 3 is 1.91 bits per heavy atom. The Morgan fingerprint density at radius 1 is 0.393 bits per heavy atom. The molecule has 0 radical (unpaired) electrons. The Kier molecular flexibility index (Phi) is 6.40. The molecule has 0 amide bonds. The van der Waals surface area contributed by atoms with Crippen LogP contribution in [0, 0.1) is 0 Å². The fourth-order valence-corrected chi connectivity index (χ4v) is 9.64. The van der Waals surface area contributed by atoms with Crippen LogP contribution in [0.1, 0.15) is 25.0 Å². The van der Waals surface area contributed by atoms with Gasteiger partial charge < -0.3 is 13.7 Å². The molecule has 9 aromatic carbocycles. The lowest BCUT2D eigenvalue weighted by molar-refractivity contribution is 0.660. The second kappa shape index (κ2) is 11.5. The Balaban J connectivity index is 1.20. The molecule has 0 N–H and O–H groups in total. The van der Waals surface area contributed by atoms with Crippen molar-refractivity contribution < 1.29 is 8.83 Å². The molecule has 1 aliphatic rings. The maximum absolute atomic E-state index is 6.62. The first-order valence-electron chi connectivity index (χ1n) is 19.3. The molecule has 264 valence electrons. The van der Waals surface area contributed by atoms with E-state index in [1.807, 2.05) is 12.1 Å². The highest BCUT2D eigenvalue weighted by Gasteiger charge is 2.36. The van der Waals surface area contributed by atoms with E-state index >= 15 is 0 Å². The van der Waals surface area contributed by atoms with E-state index in [0.717, 1.165) is 72.1 Å².